The Kier molecular flexibility index (Phi) is 7.83. The Morgan fingerprint density at radius 1 is 1.38 bits per heavy atom. The summed E-state index contributed by atoms with van der Waals surface area (Å²) >= 11 is 1.75. The number of thioether (sulfide) groups is 1. The minimum Gasteiger partial charge on any atom is -0.384 e. The van der Waals surface area contributed by atoms with Gasteiger partial charge in [-0.05, 0) is 50.3 Å². The highest BCUT2D eigenvalue weighted by molar-refractivity contribution is 7.99. The first kappa shape index (κ1) is 22.9. The smallest absolute Gasteiger partial charge is 0.198 e. The monoisotopic (exact) mass is 412 g/mol. The predicted octanol–water partition coefficient (Wildman–Crippen LogP) is 3.39. The first-order valence-electron chi connectivity index (χ1n) is 9.59. The molecule has 0 unspecified atom stereocenters. The van der Waals surface area contributed by atoms with E-state index in [9.17, 15) is 9.59 Å². The number of allylic oxidation sites excluding steroid dienone is 1. The molecule has 0 spiro atoms. The maximum Gasteiger partial charge on any atom is 0.198 e. The van der Waals surface area contributed by atoms with Crippen molar-refractivity contribution in [3.8, 4) is 12.3 Å². The van der Waals surface area contributed by atoms with Crippen LogP contribution in [0.4, 0.5) is 0 Å². The number of rotatable bonds is 5. The van der Waals surface area contributed by atoms with Crippen molar-refractivity contribution in [1.29, 1.82) is 5.41 Å². The zero-order chi connectivity index (χ0) is 21.7. The number of hydrogen-bond acceptors (Lipinski definition) is 6. The van der Waals surface area contributed by atoms with Crippen LogP contribution in [0.25, 0.3) is 0 Å². The molecule has 3 rings (SSSR count). The quantitative estimate of drug-likeness (QED) is 0.255. The lowest BCUT2D eigenvalue weighted by atomic mass is 9.89. The van der Waals surface area contributed by atoms with Gasteiger partial charge in [-0.3, -0.25) is 9.59 Å². The molecule has 6 heteroatoms. The Labute approximate surface area is 177 Å². The normalized spacial score (nSPS) is 15.6. The summed E-state index contributed by atoms with van der Waals surface area (Å²) < 4.78 is 0. The number of carbonyl (C=O) groups is 2. The van der Waals surface area contributed by atoms with Gasteiger partial charge in [0, 0.05) is 53.7 Å². The van der Waals surface area contributed by atoms with E-state index in [4.69, 9.17) is 10.5 Å². The second kappa shape index (κ2) is 9.91. The summed E-state index contributed by atoms with van der Waals surface area (Å²) in [4.78, 5) is 28.7. The number of carbonyl (C=O) groups excluding carboxylic acids is 2. The van der Waals surface area contributed by atoms with Gasteiger partial charge in [0.25, 0.3) is 0 Å². The van der Waals surface area contributed by atoms with E-state index in [0.29, 0.717) is 11.3 Å². The van der Waals surface area contributed by atoms with Crippen LogP contribution in [0.5, 0.6) is 0 Å². The number of nitrogens with zero attached hydrogens (tertiary/aromatic N) is 1. The highest BCUT2D eigenvalue weighted by Crippen LogP contribution is 2.38. The third-order valence-electron chi connectivity index (χ3n) is 4.81. The topological polar surface area (TPSA) is 81.5 Å². The second-order valence-electron chi connectivity index (χ2n) is 7.48. The van der Waals surface area contributed by atoms with E-state index in [2.05, 4.69) is 6.42 Å². The highest BCUT2D eigenvalue weighted by Gasteiger charge is 2.36. The zero-order valence-corrected chi connectivity index (χ0v) is 18.3. The maximum atomic E-state index is 13.2. The molecular weight excluding hydrogens is 384 g/mol. The van der Waals surface area contributed by atoms with Gasteiger partial charge in [0.05, 0.1) is 5.57 Å². The summed E-state index contributed by atoms with van der Waals surface area (Å²) in [5.74, 6) is 2.64. The lowest BCUT2D eigenvalue weighted by Crippen LogP contribution is -2.21. The molecule has 0 atom stereocenters. The van der Waals surface area contributed by atoms with Crippen LogP contribution < -0.4 is 0 Å². The summed E-state index contributed by atoms with van der Waals surface area (Å²) in [6, 6.07) is 1.89. The third-order valence-corrected chi connectivity index (χ3v) is 6.03. The number of aliphatic hydroxyl groups excluding tert-OH is 1. The van der Waals surface area contributed by atoms with E-state index in [1.807, 2.05) is 39.9 Å². The Hall–Kier alpha value is -2.36. The van der Waals surface area contributed by atoms with E-state index in [1.54, 1.807) is 22.9 Å². The van der Waals surface area contributed by atoms with Gasteiger partial charge in [-0.2, -0.15) is 0 Å². The number of Topliss-reactive ketones (excluding diaryl/α,β-unsaturated/α-hetero) is 2. The van der Waals surface area contributed by atoms with E-state index in [0.717, 1.165) is 46.6 Å². The zero-order valence-electron chi connectivity index (χ0n) is 17.5. The van der Waals surface area contributed by atoms with Crippen LogP contribution in [0.3, 0.4) is 0 Å². The molecule has 1 aliphatic carbocycles. The Bertz CT molecular complexity index is 906. The lowest BCUT2D eigenvalue weighted by molar-refractivity contribution is -0.116. The molecule has 154 valence electrons. The van der Waals surface area contributed by atoms with Crippen LogP contribution >= 0.6 is 11.8 Å². The van der Waals surface area contributed by atoms with Crippen LogP contribution in [0.2, 0.25) is 0 Å². The number of terminal acetylenes is 1. The molecule has 5 nitrogen and oxygen atoms in total. The largest absolute Gasteiger partial charge is 0.384 e. The van der Waals surface area contributed by atoms with E-state index in [1.165, 1.54) is 0 Å². The van der Waals surface area contributed by atoms with Gasteiger partial charge in [0.1, 0.15) is 6.61 Å². The number of nitrogens with one attached hydrogen (secondary N) is 1. The Balaban J connectivity index is 0.000000687. The molecule has 1 heterocycles. The van der Waals surface area contributed by atoms with E-state index in [-0.39, 0.29) is 29.7 Å². The second-order valence-corrected chi connectivity index (χ2v) is 8.59. The van der Waals surface area contributed by atoms with Crippen molar-refractivity contribution in [2.24, 2.45) is 5.92 Å². The van der Waals surface area contributed by atoms with Crippen LogP contribution in [0, 0.1) is 37.5 Å². The van der Waals surface area contributed by atoms with Gasteiger partial charge in [0.2, 0.25) is 0 Å². The average molecular weight is 413 g/mol. The van der Waals surface area contributed by atoms with Crippen LogP contribution in [-0.4, -0.2) is 53.7 Å². The summed E-state index contributed by atoms with van der Waals surface area (Å²) in [5, 5.41) is 16.0. The van der Waals surface area contributed by atoms with Crippen molar-refractivity contribution in [2.45, 2.75) is 38.0 Å². The van der Waals surface area contributed by atoms with Gasteiger partial charge >= 0.3 is 0 Å². The number of benzene rings is 1. The van der Waals surface area contributed by atoms with Crippen molar-refractivity contribution in [1.82, 2.24) is 4.90 Å². The number of hydrogen-bond donors (Lipinski definition) is 2. The molecule has 0 bridgehead atoms. The minimum absolute atomic E-state index is 0.00281. The first-order chi connectivity index (χ1) is 13.7. The molecule has 0 amide bonds. The van der Waals surface area contributed by atoms with Crippen LogP contribution in [0.15, 0.2) is 22.7 Å². The number of aryl methyl sites for hydroxylation is 1. The number of ketones is 2. The average Bonchev–Trinajstić information content (AvgIpc) is 3.53. The summed E-state index contributed by atoms with van der Waals surface area (Å²) in [5.41, 5.74) is 4.16. The molecule has 0 aromatic heterocycles. The third kappa shape index (κ3) is 5.37. The van der Waals surface area contributed by atoms with Crippen molar-refractivity contribution in [3.05, 3.63) is 40.1 Å². The number of fused-ring (bicyclic) bond motifs is 1. The van der Waals surface area contributed by atoms with Crippen molar-refractivity contribution in [3.63, 3.8) is 0 Å². The van der Waals surface area contributed by atoms with Crippen molar-refractivity contribution in [2.75, 3.05) is 26.5 Å². The fourth-order valence-electron chi connectivity index (χ4n) is 3.26. The van der Waals surface area contributed by atoms with Crippen molar-refractivity contribution >= 4 is 29.0 Å². The van der Waals surface area contributed by atoms with E-state index < -0.39 is 0 Å². The van der Waals surface area contributed by atoms with Gasteiger partial charge in [-0.1, -0.05) is 5.92 Å². The molecule has 29 heavy (non-hydrogen) atoms. The Morgan fingerprint density at radius 2 is 2.00 bits per heavy atom. The van der Waals surface area contributed by atoms with Gasteiger partial charge in [0.15, 0.2) is 11.6 Å². The Morgan fingerprint density at radius 3 is 2.52 bits per heavy atom. The SMILES string of the molecule is C#CCO.Cc1cc(C(=O)/C(=C/N(C)C)C(=O)C2CC2)c(C)c2c1SCCC2=N. The first-order valence-corrected chi connectivity index (χ1v) is 10.6. The molecule has 0 saturated heterocycles. The summed E-state index contributed by atoms with van der Waals surface area (Å²) in [6.07, 6.45) is 8.65. The summed E-state index contributed by atoms with van der Waals surface area (Å²) in [7, 11) is 3.65. The standard InChI is InChI=1S/C20H24N2O2S.C3H4O/c1-11-9-14(12(2)17-16(21)7-8-25-20(11)17)19(24)15(10-22(3)4)18(23)13-5-6-13;1-2-3-4/h9-10,13,21H,5-8H2,1-4H3;1,4H,3H2/b15-10+,21-16?;. The fraction of sp³-hybridized carbons (Fsp3) is 0.435. The molecule has 1 aromatic carbocycles. The predicted molar refractivity (Wildman–Crippen MR) is 118 cm³/mol. The van der Waals surface area contributed by atoms with Gasteiger partial charge < -0.3 is 15.4 Å². The fourth-order valence-corrected chi connectivity index (χ4v) is 4.48. The molecule has 1 saturated carbocycles. The van der Waals surface area contributed by atoms with Crippen LogP contribution in [-0.2, 0) is 4.79 Å². The van der Waals surface area contributed by atoms with Crippen molar-refractivity contribution < 1.29 is 14.7 Å². The van der Waals surface area contributed by atoms with Crippen LogP contribution in [0.1, 0.15) is 46.3 Å². The van der Waals surface area contributed by atoms with Gasteiger partial charge in [-0.25, -0.2) is 0 Å². The molecule has 1 aliphatic heterocycles. The molecule has 2 aliphatic rings. The molecule has 1 fully saturated rings. The highest BCUT2D eigenvalue weighted by atomic mass is 32.2. The molecule has 2 N–H and O–H groups in total. The maximum absolute atomic E-state index is 13.2. The molecular formula is C23H28N2O3S. The minimum atomic E-state index is -0.211. The molecule has 1 aromatic rings. The van der Waals surface area contributed by atoms with E-state index >= 15 is 0 Å². The number of aliphatic hydroxyl groups is 1. The summed E-state index contributed by atoms with van der Waals surface area (Å²) in [6.45, 7) is 3.74. The van der Waals surface area contributed by atoms with Gasteiger partial charge in [-0.15, -0.1) is 18.2 Å². The molecule has 0 radical (unpaired) electrons. The lowest BCUT2D eigenvalue weighted by Gasteiger charge is -2.23.